The average Bonchev–Trinajstić information content (AvgIpc) is 3.21. The molecule has 0 fully saturated rings. The maximum absolute atomic E-state index is 9.67. The Morgan fingerprint density at radius 3 is 1.29 bits per heavy atom. The van der Waals surface area contributed by atoms with Crippen LogP contribution in [0, 0.1) is 0 Å². The van der Waals surface area contributed by atoms with Gasteiger partial charge in [-0.25, -0.2) is 0 Å². The second kappa shape index (κ2) is 21.1. The Morgan fingerprint density at radius 1 is 0.613 bits per heavy atom. The third-order valence-corrected chi connectivity index (χ3v) is 7.20. The molecular weight excluding hydrogens is 400 g/mol. The lowest BCUT2D eigenvalue weighted by molar-refractivity contribution is 0.456. The molecule has 1 aromatic heterocycles. The van der Waals surface area contributed by atoms with Crippen molar-refractivity contribution in [2.24, 2.45) is 0 Å². The second-order valence-corrected chi connectivity index (χ2v) is 10.2. The van der Waals surface area contributed by atoms with Crippen LogP contribution in [0.25, 0.3) is 0 Å². The Bertz CT molecular complexity index is 467. The summed E-state index contributed by atoms with van der Waals surface area (Å²) in [5.41, 5.74) is 0. The van der Waals surface area contributed by atoms with E-state index in [-0.39, 0.29) is 5.88 Å². The standard InChI is InChI=1S/C27H52N2OS/c1-3-5-7-9-11-13-15-17-19-21-23-29(27-28-26(30)25-31-27)24-22-20-18-16-14-12-10-8-6-4-2/h25,30H,3-24H2,1-2H3. The van der Waals surface area contributed by atoms with E-state index in [1.807, 2.05) is 0 Å². The van der Waals surface area contributed by atoms with Crippen molar-refractivity contribution in [2.45, 2.75) is 142 Å². The summed E-state index contributed by atoms with van der Waals surface area (Å²) in [7, 11) is 0. The van der Waals surface area contributed by atoms with Crippen LogP contribution in [0.15, 0.2) is 5.38 Å². The van der Waals surface area contributed by atoms with Crippen LogP contribution in [0.5, 0.6) is 5.88 Å². The normalized spacial score (nSPS) is 11.3. The predicted octanol–water partition coefficient (Wildman–Crippen LogP) is 9.50. The SMILES string of the molecule is CCCCCCCCCCCCN(CCCCCCCCCCCC)c1nc(O)cs1. The number of nitrogens with zero attached hydrogens (tertiary/aromatic N) is 2. The van der Waals surface area contributed by atoms with Crippen molar-refractivity contribution in [3.63, 3.8) is 0 Å². The number of thiazole rings is 1. The lowest BCUT2D eigenvalue weighted by atomic mass is 10.1. The summed E-state index contributed by atoms with van der Waals surface area (Å²) >= 11 is 1.59. The van der Waals surface area contributed by atoms with Crippen molar-refractivity contribution in [3.05, 3.63) is 5.38 Å². The predicted molar refractivity (Wildman–Crippen MR) is 140 cm³/mol. The molecule has 0 amide bonds. The van der Waals surface area contributed by atoms with Gasteiger partial charge in [0.1, 0.15) is 0 Å². The first-order valence-corrected chi connectivity index (χ1v) is 14.5. The molecule has 0 saturated heterocycles. The minimum Gasteiger partial charge on any atom is -0.493 e. The van der Waals surface area contributed by atoms with Crippen molar-refractivity contribution in [1.29, 1.82) is 0 Å². The van der Waals surface area contributed by atoms with Gasteiger partial charge in [-0.1, -0.05) is 129 Å². The third kappa shape index (κ3) is 16.5. The molecule has 1 heterocycles. The van der Waals surface area contributed by atoms with Crippen molar-refractivity contribution < 1.29 is 5.11 Å². The highest BCUT2D eigenvalue weighted by atomic mass is 32.1. The maximum atomic E-state index is 9.67. The molecule has 3 nitrogen and oxygen atoms in total. The van der Waals surface area contributed by atoms with Crippen LogP contribution in [-0.2, 0) is 0 Å². The molecule has 0 aliphatic carbocycles. The molecular formula is C27H52N2OS. The summed E-state index contributed by atoms with van der Waals surface area (Å²) < 4.78 is 0. The minimum atomic E-state index is 0.177. The largest absolute Gasteiger partial charge is 0.493 e. The minimum absolute atomic E-state index is 0.177. The third-order valence-electron chi connectivity index (χ3n) is 6.31. The fourth-order valence-electron chi connectivity index (χ4n) is 4.28. The van der Waals surface area contributed by atoms with E-state index in [1.54, 1.807) is 16.7 Å². The van der Waals surface area contributed by atoms with Gasteiger partial charge >= 0.3 is 0 Å². The van der Waals surface area contributed by atoms with Crippen molar-refractivity contribution in [2.75, 3.05) is 18.0 Å². The van der Waals surface area contributed by atoms with Gasteiger partial charge in [0.25, 0.3) is 0 Å². The van der Waals surface area contributed by atoms with E-state index in [4.69, 9.17) is 0 Å². The Kier molecular flexibility index (Phi) is 19.2. The van der Waals surface area contributed by atoms with Crippen LogP contribution in [0.2, 0.25) is 0 Å². The number of hydrogen-bond acceptors (Lipinski definition) is 4. The van der Waals surface area contributed by atoms with E-state index >= 15 is 0 Å². The highest BCUT2D eigenvalue weighted by Crippen LogP contribution is 2.25. The molecule has 0 saturated carbocycles. The van der Waals surface area contributed by atoms with Gasteiger partial charge in [-0.3, -0.25) is 0 Å². The number of unbranched alkanes of at least 4 members (excludes halogenated alkanes) is 18. The van der Waals surface area contributed by atoms with Crippen LogP contribution < -0.4 is 4.90 Å². The lowest BCUT2D eigenvalue weighted by Crippen LogP contribution is -2.25. The summed E-state index contributed by atoms with van der Waals surface area (Å²) in [6.07, 6.45) is 27.5. The highest BCUT2D eigenvalue weighted by Gasteiger charge is 2.10. The van der Waals surface area contributed by atoms with Gasteiger partial charge in [-0.05, 0) is 12.8 Å². The van der Waals surface area contributed by atoms with Crippen LogP contribution in [-0.4, -0.2) is 23.2 Å². The summed E-state index contributed by atoms with van der Waals surface area (Å²) in [5, 5.41) is 12.4. The van der Waals surface area contributed by atoms with Gasteiger partial charge in [0, 0.05) is 13.1 Å². The number of aromatic hydroxyl groups is 1. The van der Waals surface area contributed by atoms with Gasteiger partial charge < -0.3 is 10.0 Å². The lowest BCUT2D eigenvalue weighted by Gasteiger charge is -2.21. The number of aromatic nitrogens is 1. The van der Waals surface area contributed by atoms with E-state index < -0.39 is 0 Å². The zero-order valence-electron chi connectivity index (χ0n) is 20.9. The average molecular weight is 453 g/mol. The van der Waals surface area contributed by atoms with Crippen molar-refractivity contribution in [3.8, 4) is 5.88 Å². The molecule has 0 aliphatic heterocycles. The van der Waals surface area contributed by atoms with Crippen LogP contribution >= 0.6 is 11.3 Å². The van der Waals surface area contributed by atoms with Crippen molar-refractivity contribution >= 4 is 16.5 Å². The van der Waals surface area contributed by atoms with Gasteiger partial charge in [-0.2, -0.15) is 4.98 Å². The van der Waals surface area contributed by atoms with Crippen LogP contribution in [0.4, 0.5) is 5.13 Å². The number of hydrogen-bond donors (Lipinski definition) is 1. The molecule has 0 radical (unpaired) electrons. The fraction of sp³-hybridized carbons (Fsp3) is 0.889. The zero-order chi connectivity index (χ0) is 22.4. The van der Waals surface area contributed by atoms with Gasteiger partial charge in [0.05, 0.1) is 5.38 Å². The first kappa shape index (κ1) is 28.3. The zero-order valence-corrected chi connectivity index (χ0v) is 21.7. The van der Waals surface area contributed by atoms with Gasteiger partial charge in [0.2, 0.25) is 5.88 Å². The van der Waals surface area contributed by atoms with E-state index in [9.17, 15) is 5.11 Å². The van der Waals surface area contributed by atoms with E-state index in [0.717, 1.165) is 18.2 Å². The fourth-order valence-corrected chi connectivity index (χ4v) is 5.03. The Labute approximate surface area is 198 Å². The quantitative estimate of drug-likeness (QED) is 0.168. The molecule has 0 spiro atoms. The molecule has 4 heteroatoms. The molecule has 0 aliphatic rings. The summed E-state index contributed by atoms with van der Waals surface area (Å²) in [6, 6.07) is 0. The number of anilines is 1. The maximum Gasteiger partial charge on any atom is 0.223 e. The highest BCUT2D eigenvalue weighted by molar-refractivity contribution is 7.13. The van der Waals surface area contributed by atoms with E-state index in [1.165, 1.54) is 128 Å². The molecule has 1 aromatic rings. The number of rotatable bonds is 23. The first-order valence-electron chi connectivity index (χ1n) is 13.7. The van der Waals surface area contributed by atoms with E-state index in [0.29, 0.717) is 0 Å². The molecule has 0 unspecified atom stereocenters. The topological polar surface area (TPSA) is 36.4 Å². The van der Waals surface area contributed by atoms with Gasteiger partial charge in [-0.15, -0.1) is 11.3 Å². The molecule has 1 rings (SSSR count). The molecule has 1 N–H and O–H groups in total. The summed E-state index contributed by atoms with van der Waals surface area (Å²) in [4.78, 5) is 6.76. The molecule has 0 aromatic carbocycles. The molecule has 0 atom stereocenters. The Morgan fingerprint density at radius 2 is 0.968 bits per heavy atom. The van der Waals surface area contributed by atoms with Crippen LogP contribution in [0.3, 0.4) is 0 Å². The Balaban J connectivity index is 2.10. The van der Waals surface area contributed by atoms with E-state index in [2.05, 4.69) is 23.7 Å². The molecule has 0 bridgehead atoms. The monoisotopic (exact) mass is 452 g/mol. The second-order valence-electron chi connectivity index (χ2n) is 9.34. The Hall–Kier alpha value is -0.770. The molecule has 182 valence electrons. The summed E-state index contributed by atoms with van der Waals surface area (Å²) in [5.74, 6) is 0.177. The van der Waals surface area contributed by atoms with Crippen LogP contribution in [0.1, 0.15) is 142 Å². The smallest absolute Gasteiger partial charge is 0.223 e. The van der Waals surface area contributed by atoms with Gasteiger partial charge in [0.15, 0.2) is 5.13 Å². The van der Waals surface area contributed by atoms with Crippen molar-refractivity contribution in [1.82, 2.24) is 4.98 Å². The molecule has 31 heavy (non-hydrogen) atoms. The first-order chi connectivity index (χ1) is 15.3. The summed E-state index contributed by atoms with van der Waals surface area (Å²) in [6.45, 7) is 6.74.